The van der Waals surface area contributed by atoms with Gasteiger partial charge in [0, 0.05) is 19.7 Å². The number of aromatic nitrogens is 2. The number of nitrogens with one attached hydrogen (secondary N) is 3. The molecule has 23 heavy (non-hydrogen) atoms. The average Bonchev–Trinajstić information content (AvgIpc) is 3.13. The number of hydrogen-bond acceptors (Lipinski definition) is 3. The summed E-state index contributed by atoms with van der Waals surface area (Å²) in [4.78, 5) is 39.1. The van der Waals surface area contributed by atoms with Crippen LogP contribution >= 0.6 is 0 Å². The molecule has 1 aromatic heterocycles. The number of carbonyl (C=O) groups excluding carboxylic acids is 2. The summed E-state index contributed by atoms with van der Waals surface area (Å²) >= 11 is 0. The zero-order valence-corrected chi connectivity index (χ0v) is 13.2. The van der Waals surface area contributed by atoms with Crippen LogP contribution in [0.25, 0.3) is 11.0 Å². The summed E-state index contributed by atoms with van der Waals surface area (Å²) in [7, 11) is 3.22. The molecule has 0 aliphatic heterocycles. The minimum atomic E-state index is -0.829. The van der Waals surface area contributed by atoms with Crippen LogP contribution in [-0.2, 0) is 11.8 Å². The average molecular weight is 316 g/mol. The number of hydrogen-bond donors (Lipinski definition) is 3. The molecule has 1 fully saturated rings. The minimum absolute atomic E-state index is 0.154. The third-order valence-electron chi connectivity index (χ3n) is 4.64. The van der Waals surface area contributed by atoms with E-state index in [0.717, 1.165) is 12.8 Å². The minimum Gasteiger partial charge on any atom is -0.357 e. The Morgan fingerprint density at radius 2 is 1.96 bits per heavy atom. The number of amides is 2. The van der Waals surface area contributed by atoms with Crippen molar-refractivity contribution in [2.75, 3.05) is 7.05 Å². The quantitative estimate of drug-likeness (QED) is 0.776. The van der Waals surface area contributed by atoms with Gasteiger partial charge in [0.1, 0.15) is 5.54 Å². The van der Waals surface area contributed by atoms with Gasteiger partial charge in [-0.05, 0) is 31.0 Å². The van der Waals surface area contributed by atoms with Gasteiger partial charge in [0.2, 0.25) is 5.91 Å². The van der Waals surface area contributed by atoms with Crippen molar-refractivity contribution in [3.8, 4) is 0 Å². The Hall–Kier alpha value is -2.57. The first-order valence-electron chi connectivity index (χ1n) is 7.70. The molecule has 1 saturated carbocycles. The van der Waals surface area contributed by atoms with Crippen LogP contribution in [0.5, 0.6) is 0 Å². The number of imidazole rings is 1. The number of benzene rings is 1. The largest absolute Gasteiger partial charge is 0.357 e. The highest BCUT2D eigenvalue weighted by Gasteiger charge is 2.42. The van der Waals surface area contributed by atoms with Gasteiger partial charge in [-0.15, -0.1) is 0 Å². The number of aromatic amines is 1. The number of nitrogens with zero attached hydrogens (tertiary/aromatic N) is 1. The first kappa shape index (κ1) is 15.3. The van der Waals surface area contributed by atoms with Gasteiger partial charge in [0.05, 0.1) is 11.0 Å². The Bertz CT molecular complexity index is 827. The van der Waals surface area contributed by atoms with Crippen molar-refractivity contribution < 1.29 is 9.59 Å². The molecular weight excluding hydrogens is 296 g/mol. The highest BCUT2D eigenvalue weighted by Crippen LogP contribution is 2.30. The number of fused-ring (bicyclic) bond motifs is 1. The van der Waals surface area contributed by atoms with Gasteiger partial charge in [0.15, 0.2) is 0 Å². The summed E-state index contributed by atoms with van der Waals surface area (Å²) in [6.07, 6.45) is 3.12. The highest BCUT2D eigenvalue weighted by molar-refractivity contribution is 6.01. The highest BCUT2D eigenvalue weighted by atomic mass is 16.2. The molecule has 0 spiro atoms. The molecule has 0 atom stereocenters. The van der Waals surface area contributed by atoms with Crippen LogP contribution < -0.4 is 16.3 Å². The lowest BCUT2D eigenvalue weighted by Crippen LogP contribution is -2.56. The van der Waals surface area contributed by atoms with Gasteiger partial charge in [0.25, 0.3) is 5.91 Å². The maximum Gasteiger partial charge on any atom is 0.326 e. The molecule has 1 aliphatic carbocycles. The zero-order valence-electron chi connectivity index (χ0n) is 13.2. The number of carbonyl (C=O) groups is 2. The van der Waals surface area contributed by atoms with E-state index >= 15 is 0 Å². The van der Waals surface area contributed by atoms with Crippen LogP contribution in [0.3, 0.4) is 0 Å². The van der Waals surface area contributed by atoms with Crippen molar-refractivity contribution in [2.24, 2.45) is 7.05 Å². The van der Waals surface area contributed by atoms with E-state index in [1.807, 2.05) is 0 Å². The Labute approximate surface area is 133 Å². The Balaban J connectivity index is 1.92. The number of rotatable bonds is 3. The molecule has 0 saturated heterocycles. The Morgan fingerprint density at radius 3 is 2.61 bits per heavy atom. The van der Waals surface area contributed by atoms with E-state index in [2.05, 4.69) is 15.6 Å². The monoisotopic (exact) mass is 316 g/mol. The molecular formula is C16H20N4O3. The molecule has 7 heteroatoms. The summed E-state index contributed by atoms with van der Waals surface area (Å²) in [6.45, 7) is 0. The summed E-state index contributed by atoms with van der Waals surface area (Å²) in [5.74, 6) is -0.454. The molecule has 1 aliphatic rings. The molecule has 0 radical (unpaired) electrons. The first-order chi connectivity index (χ1) is 11.0. The van der Waals surface area contributed by atoms with Gasteiger partial charge in [-0.2, -0.15) is 0 Å². The van der Waals surface area contributed by atoms with Gasteiger partial charge in [-0.1, -0.05) is 12.8 Å². The topological polar surface area (TPSA) is 96.0 Å². The molecule has 2 aromatic rings. The Morgan fingerprint density at radius 1 is 1.26 bits per heavy atom. The normalized spacial score (nSPS) is 16.4. The molecule has 7 nitrogen and oxygen atoms in total. The summed E-state index contributed by atoms with van der Waals surface area (Å²) < 4.78 is 1.45. The molecule has 3 rings (SSSR count). The molecule has 1 heterocycles. The molecule has 3 N–H and O–H groups in total. The van der Waals surface area contributed by atoms with E-state index in [1.54, 1.807) is 32.3 Å². The lowest BCUT2D eigenvalue weighted by molar-refractivity contribution is -0.126. The van der Waals surface area contributed by atoms with E-state index < -0.39 is 5.54 Å². The number of aryl methyl sites for hydroxylation is 1. The van der Waals surface area contributed by atoms with Crippen LogP contribution in [0.2, 0.25) is 0 Å². The Kier molecular flexibility index (Phi) is 3.71. The molecule has 0 bridgehead atoms. The van der Waals surface area contributed by atoms with Gasteiger partial charge in [-0.25, -0.2) is 4.79 Å². The molecule has 1 aromatic carbocycles. The lowest BCUT2D eigenvalue weighted by atomic mass is 9.95. The third kappa shape index (κ3) is 2.52. The fraction of sp³-hybridized carbons (Fsp3) is 0.438. The molecule has 2 amide bonds. The van der Waals surface area contributed by atoms with Gasteiger partial charge >= 0.3 is 5.69 Å². The van der Waals surface area contributed by atoms with Crippen LogP contribution in [-0.4, -0.2) is 34.0 Å². The molecule has 0 unspecified atom stereocenters. The maximum absolute atomic E-state index is 12.6. The second kappa shape index (κ2) is 5.57. The van der Waals surface area contributed by atoms with E-state index in [9.17, 15) is 14.4 Å². The van der Waals surface area contributed by atoms with E-state index in [1.165, 1.54) is 4.57 Å². The van der Waals surface area contributed by atoms with Crippen LogP contribution in [0.4, 0.5) is 0 Å². The number of H-pyrrole nitrogens is 1. The predicted octanol–water partition coefficient (Wildman–Crippen LogP) is 0.655. The third-order valence-corrected chi connectivity index (χ3v) is 4.64. The van der Waals surface area contributed by atoms with Gasteiger partial charge in [-0.3, -0.25) is 14.2 Å². The van der Waals surface area contributed by atoms with Crippen molar-refractivity contribution in [1.82, 2.24) is 20.2 Å². The second-order valence-corrected chi connectivity index (χ2v) is 6.04. The van der Waals surface area contributed by atoms with Crippen LogP contribution in [0, 0.1) is 0 Å². The van der Waals surface area contributed by atoms with Crippen LogP contribution in [0.1, 0.15) is 36.0 Å². The smallest absolute Gasteiger partial charge is 0.326 e. The first-order valence-corrected chi connectivity index (χ1v) is 7.70. The lowest BCUT2D eigenvalue weighted by Gasteiger charge is -2.28. The fourth-order valence-corrected chi connectivity index (χ4v) is 3.28. The maximum atomic E-state index is 12.6. The molecule has 122 valence electrons. The summed E-state index contributed by atoms with van der Waals surface area (Å²) in [5.41, 5.74) is 0.710. The predicted molar refractivity (Wildman–Crippen MR) is 86.3 cm³/mol. The van der Waals surface area contributed by atoms with Gasteiger partial charge < -0.3 is 15.6 Å². The summed E-state index contributed by atoms with van der Waals surface area (Å²) in [5, 5.41) is 5.54. The van der Waals surface area contributed by atoms with Crippen molar-refractivity contribution in [3.05, 3.63) is 34.2 Å². The van der Waals surface area contributed by atoms with Crippen molar-refractivity contribution in [3.63, 3.8) is 0 Å². The number of likely N-dealkylation sites (N-methyl/N-ethyl adjacent to an activating group) is 1. The zero-order chi connectivity index (χ0) is 16.6. The standard InChI is InChI=1S/C16H20N4O3/c1-17-14(22)16(7-3-4-8-16)19-13(21)10-5-6-11-12(9-10)20(2)15(23)18-11/h5-6,9H,3-4,7-8H2,1-2H3,(H,17,22)(H,18,23)(H,19,21). The van der Waals surface area contributed by atoms with E-state index in [0.29, 0.717) is 29.4 Å². The van der Waals surface area contributed by atoms with Crippen molar-refractivity contribution in [1.29, 1.82) is 0 Å². The fourth-order valence-electron chi connectivity index (χ4n) is 3.28. The van der Waals surface area contributed by atoms with E-state index in [4.69, 9.17) is 0 Å². The van der Waals surface area contributed by atoms with Crippen molar-refractivity contribution in [2.45, 2.75) is 31.2 Å². The van der Waals surface area contributed by atoms with E-state index in [-0.39, 0.29) is 17.5 Å². The second-order valence-electron chi connectivity index (χ2n) is 6.04. The van der Waals surface area contributed by atoms with Crippen molar-refractivity contribution >= 4 is 22.8 Å². The van der Waals surface area contributed by atoms with Crippen LogP contribution in [0.15, 0.2) is 23.0 Å². The SMILES string of the molecule is CNC(=O)C1(NC(=O)c2ccc3[nH]c(=O)n(C)c3c2)CCCC1. The summed E-state index contributed by atoms with van der Waals surface area (Å²) in [6, 6.07) is 5.02.